The van der Waals surface area contributed by atoms with Gasteiger partial charge in [0.25, 0.3) is 0 Å². The van der Waals surface area contributed by atoms with E-state index < -0.39 is 0 Å². The molecule has 3 aromatic rings. The molecule has 0 aliphatic heterocycles. The lowest BCUT2D eigenvalue weighted by molar-refractivity contribution is 0.874. The van der Waals surface area contributed by atoms with Gasteiger partial charge in [-0.3, -0.25) is 9.98 Å². The van der Waals surface area contributed by atoms with Gasteiger partial charge in [0, 0.05) is 49.1 Å². The highest BCUT2D eigenvalue weighted by atomic mass is 35.5. The maximum absolute atomic E-state index is 5.88. The minimum Gasteiger partial charge on any atom is -0.369 e. The number of alkyl halides is 2. The monoisotopic (exact) mass is 423 g/mol. The molecule has 0 bridgehead atoms. The molecule has 0 saturated heterocycles. The molecule has 3 nitrogen and oxygen atoms in total. The van der Waals surface area contributed by atoms with E-state index in [1.165, 1.54) is 0 Å². The van der Waals surface area contributed by atoms with Crippen molar-refractivity contribution in [2.24, 2.45) is 4.99 Å². The summed E-state index contributed by atoms with van der Waals surface area (Å²) in [4.78, 5) is 10.8. The number of rotatable bonds is 9. The van der Waals surface area contributed by atoms with Crippen LogP contribution in [0.25, 0.3) is 12.2 Å². The number of hydrogen-bond donors (Lipinski definition) is 0. The van der Waals surface area contributed by atoms with Crippen molar-refractivity contribution in [3.8, 4) is 0 Å². The minimum atomic E-state index is 0.577. The summed E-state index contributed by atoms with van der Waals surface area (Å²) in [7, 11) is 0. The molecular formula is C24H23Cl2N3. The smallest absolute Gasteiger partial charge is 0.0630 e. The van der Waals surface area contributed by atoms with E-state index >= 15 is 0 Å². The average molecular weight is 424 g/mol. The van der Waals surface area contributed by atoms with Crippen LogP contribution in [-0.2, 0) is 0 Å². The van der Waals surface area contributed by atoms with Gasteiger partial charge in [0.2, 0.25) is 0 Å². The fraction of sp³-hybridized carbons (Fsp3) is 0.167. The molecule has 0 fully saturated rings. The zero-order valence-corrected chi connectivity index (χ0v) is 17.6. The fourth-order valence-electron chi connectivity index (χ4n) is 2.83. The Morgan fingerprint density at radius 1 is 0.724 bits per heavy atom. The van der Waals surface area contributed by atoms with Gasteiger partial charge in [-0.2, -0.15) is 0 Å². The first kappa shape index (κ1) is 21.1. The van der Waals surface area contributed by atoms with Crippen LogP contribution in [0.5, 0.6) is 0 Å². The van der Waals surface area contributed by atoms with Gasteiger partial charge >= 0.3 is 0 Å². The van der Waals surface area contributed by atoms with Crippen molar-refractivity contribution in [1.29, 1.82) is 0 Å². The predicted octanol–water partition coefficient (Wildman–Crippen LogP) is 6.29. The number of hydrogen-bond acceptors (Lipinski definition) is 3. The molecule has 0 amide bonds. The van der Waals surface area contributed by atoms with Gasteiger partial charge in [0.1, 0.15) is 0 Å². The molecule has 148 valence electrons. The molecule has 0 atom stereocenters. The molecule has 0 aliphatic rings. The Morgan fingerprint density at radius 3 is 1.86 bits per heavy atom. The topological polar surface area (TPSA) is 28.5 Å². The van der Waals surface area contributed by atoms with Gasteiger partial charge in [-0.1, -0.05) is 36.4 Å². The summed E-state index contributed by atoms with van der Waals surface area (Å²) in [6.07, 6.45) is 9.60. The second-order valence-electron chi connectivity index (χ2n) is 6.42. The number of pyridine rings is 1. The summed E-state index contributed by atoms with van der Waals surface area (Å²) >= 11 is 11.8. The van der Waals surface area contributed by atoms with Gasteiger partial charge in [0.15, 0.2) is 0 Å². The van der Waals surface area contributed by atoms with Crippen molar-refractivity contribution >= 4 is 52.9 Å². The van der Waals surface area contributed by atoms with Crippen molar-refractivity contribution in [3.05, 3.63) is 89.7 Å². The fourth-order valence-corrected chi connectivity index (χ4v) is 3.24. The van der Waals surface area contributed by atoms with Gasteiger partial charge in [-0.05, 0) is 53.1 Å². The average Bonchev–Trinajstić information content (AvgIpc) is 2.78. The van der Waals surface area contributed by atoms with E-state index in [-0.39, 0.29) is 0 Å². The minimum absolute atomic E-state index is 0.577. The third-order valence-electron chi connectivity index (χ3n) is 4.40. The van der Waals surface area contributed by atoms with Crippen molar-refractivity contribution in [2.45, 2.75) is 0 Å². The number of halogens is 2. The lowest BCUT2D eigenvalue weighted by Crippen LogP contribution is -2.27. The van der Waals surface area contributed by atoms with Crippen LogP contribution in [0.4, 0.5) is 11.4 Å². The van der Waals surface area contributed by atoms with E-state index in [1.807, 2.05) is 30.5 Å². The number of nitrogens with zero attached hydrogens (tertiary/aromatic N) is 3. The Bertz CT molecular complexity index is 915. The van der Waals surface area contributed by atoms with Gasteiger partial charge in [0.05, 0.1) is 5.69 Å². The van der Waals surface area contributed by atoms with E-state index in [1.54, 1.807) is 12.4 Å². The van der Waals surface area contributed by atoms with Crippen LogP contribution >= 0.6 is 23.2 Å². The van der Waals surface area contributed by atoms with Crippen molar-refractivity contribution in [1.82, 2.24) is 4.98 Å². The zero-order valence-electron chi connectivity index (χ0n) is 16.1. The van der Waals surface area contributed by atoms with Crippen molar-refractivity contribution < 1.29 is 0 Å². The molecule has 0 radical (unpaired) electrons. The van der Waals surface area contributed by atoms with Crippen molar-refractivity contribution in [3.63, 3.8) is 0 Å². The largest absolute Gasteiger partial charge is 0.369 e. The molecule has 29 heavy (non-hydrogen) atoms. The second-order valence-corrected chi connectivity index (χ2v) is 7.18. The molecule has 1 aromatic heterocycles. The Hall–Kier alpha value is -2.62. The number of aliphatic imine (C=N–C) groups is 1. The first-order valence-electron chi connectivity index (χ1n) is 9.47. The molecule has 0 unspecified atom stereocenters. The maximum Gasteiger partial charge on any atom is 0.0630 e. The van der Waals surface area contributed by atoms with Gasteiger partial charge < -0.3 is 4.90 Å². The summed E-state index contributed by atoms with van der Waals surface area (Å²) in [5.41, 5.74) is 5.34. The summed E-state index contributed by atoms with van der Waals surface area (Å²) in [5.74, 6) is 1.15. The first-order valence-corrected chi connectivity index (χ1v) is 10.5. The highest BCUT2D eigenvalue weighted by molar-refractivity contribution is 6.18. The lowest BCUT2D eigenvalue weighted by atomic mass is 10.1. The molecule has 0 N–H and O–H groups in total. The highest BCUT2D eigenvalue weighted by Gasteiger charge is 2.04. The van der Waals surface area contributed by atoms with Crippen molar-refractivity contribution in [2.75, 3.05) is 29.7 Å². The molecule has 0 aliphatic carbocycles. The molecule has 1 heterocycles. The zero-order chi connectivity index (χ0) is 20.3. The van der Waals surface area contributed by atoms with E-state index in [2.05, 4.69) is 63.4 Å². The van der Waals surface area contributed by atoms with E-state index in [4.69, 9.17) is 23.2 Å². The van der Waals surface area contributed by atoms with E-state index in [0.29, 0.717) is 11.8 Å². The van der Waals surface area contributed by atoms with Gasteiger partial charge in [-0.25, -0.2) is 0 Å². The molecule has 0 saturated carbocycles. The summed E-state index contributed by atoms with van der Waals surface area (Å²) < 4.78 is 0. The predicted molar refractivity (Wildman–Crippen MR) is 127 cm³/mol. The van der Waals surface area contributed by atoms with Crippen LogP contribution in [0.15, 0.2) is 78.0 Å². The quantitative estimate of drug-likeness (QED) is 0.299. The highest BCUT2D eigenvalue weighted by Crippen LogP contribution is 2.17. The number of aromatic nitrogens is 1. The van der Waals surface area contributed by atoms with Crippen LogP contribution in [0.2, 0.25) is 0 Å². The van der Waals surface area contributed by atoms with Crippen LogP contribution < -0.4 is 4.90 Å². The Balaban J connectivity index is 1.61. The number of anilines is 1. The molecule has 2 aromatic carbocycles. The van der Waals surface area contributed by atoms with Crippen LogP contribution in [0.3, 0.4) is 0 Å². The Kier molecular flexibility index (Phi) is 8.29. The lowest BCUT2D eigenvalue weighted by Gasteiger charge is -2.22. The van der Waals surface area contributed by atoms with E-state index in [9.17, 15) is 0 Å². The Morgan fingerprint density at radius 2 is 1.28 bits per heavy atom. The van der Waals surface area contributed by atoms with Crippen LogP contribution in [-0.4, -0.2) is 36.0 Å². The molecule has 3 rings (SSSR count). The summed E-state index contributed by atoms with van der Waals surface area (Å²) in [5, 5.41) is 0. The number of benzene rings is 2. The SMILES string of the molecule is ClCCN(CCCl)c1ccc(C=Nc2ccc(/C=C\c3ccncc3)cc2)cc1. The van der Waals surface area contributed by atoms with Crippen LogP contribution in [0, 0.1) is 0 Å². The third kappa shape index (κ3) is 6.74. The molecule has 0 spiro atoms. The van der Waals surface area contributed by atoms with E-state index in [0.717, 1.165) is 41.2 Å². The molecule has 5 heteroatoms. The normalized spacial score (nSPS) is 11.4. The van der Waals surface area contributed by atoms with Gasteiger partial charge in [-0.15, -0.1) is 23.2 Å². The van der Waals surface area contributed by atoms with Crippen LogP contribution in [0.1, 0.15) is 16.7 Å². The standard InChI is InChI=1S/C24H23Cl2N3/c25-13-17-29(18-14-26)24-9-5-22(6-10-24)19-28-23-7-3-20(4-8-23)1-2-21-11-15-27-16-12-21/h1-12,15-16,19H,13-14,17-18H2/b2-1-,28-19?. The third-order valence-corrected chi connectivity index (χ3v) is 4.74. The summed E-state index contributed by atoms with van der Waals surface area (Å²) in [6, 6.07) is 20.4. The summed E-state index contributed by atoms with van der Waals surface area (Å²) in [6.45, 7) is 1.56. The second kappa shape index (κ2) is 11.4. The Labute approximate surface area is 182 Å². The first-order chi connectivity index (χ1) is 14.3. The maximum atomic E-state index is 5.88. The molecular weight excluding hydrogens is 401 g/mol.